The number of carbonyl (C=O) groups excluding carboxylic acids is 1. The van der Waals surface area contributed by atoms with Crippen LogP contribution in [0.3, 0.4) is 0 Å². The normalized spacial score (nSPS) is 20.5. The molecule has 0 spiro atoms. The SMILES string of the molecule is C=C1C(c2c(N)cc(OC)c3nn(C)cc23)NC[C@@H](C)N1C(=O)OC(C)(C)C. The van der Waals surface area contributed by atoms with Gasteiger partial charge in [-0.2, -0.15) is 5.10 Å². The van der Waals surface area contributed by atoms with Crippen LogP contribution in [-0.4, -0.2) is 46.1 Å². The van der Waals surface area contributed by atoms with Crippen molar-refractivity contribution in [2.45, 2.75) is 45.4 Å². The van der Waals surface area contributed by atoms with Gasteiger partial charge in [0.15, 0.2) is 0 Å². The maximum atomic E-state index is 12.8. The number of carbonyl (C=O) groups is 1. The highest BCUT2D eigenvalue weighted by atomic mass is 16.6. The second-order valence-corrected chi connectivity index (χ2v) is 8.18. The van der Waals surface area contributed by atoms with Crippen molar-refractivity contribution in [1.29, 1.82) is 0 Å². The standard InChI is InChI=1S/C20H29N5O3/c1-11-9-22-17(12(2)25(11)19(26)28-20(3,4)5)16-13-10-24(6)23-18(13)15(27-7)8-14(16)21/h8,10-11,17,22H,2,9,21H2,1,3-7H3/t11-,17?/m1/s1. The summed E-state index contributed by atoms with van der Waals surface area (Å²) in [7, 11) is 3.43. The largest absolute Gasteiger partial charge is 0.494 e. The van der Waals surface area contributed by atoms with E-state index in [1.165, 1.54) is 0 Å². The molecule has 0 saturated carbocycles. The van der Waals surface area contributed by atoms with Crippen LogP contribution in [0.25, 0.3) is 10.9 Å². The summed E-state index contributed by atoms with van der Waals surface area (Å²) in [5, 5.41) is 8.81. The van der Waals surface area contributed by atoms with Crippen molar-refractivity contribution in [2.24, 2.45) is 7.05 Å². The number of rotatable bonds is 2. The molecule has 0 bridgehead atoms. The number of anilines is 1. The fourth-order valence-corrected chi connectivity index (χ4v) is 3.58. The number of fused-ring (bicyclic) bond motifs is 1. The van der Waals surface area contributed by atoms with E-state index in [2.05, 4.69) is 17.0 Å². The van der Waals surface area contributed by atoms with Crippen LogP contribution in [-0.2, 0) is 11.8 Å². The molecule has 8 heteroatoms. The number of piperazine rings is 1. The van der Waals surface area contributed by atoms with Crippen molar-refractivity contribution in [1.82, 2.24) is 20.0 Å². The highest BCUT2D eigenvalue weighted by Crippen LogP contribution is 2.40. The van der Waals surface area contributed by atoms with Gasteiger partial charge in [-0.05, 0) is 27.7 Å². The van der Waals surface area contributed by atoms with Crippen LogP contribution < -0.4 is 15.8 Å². The van der Waals surface area contributed by atoms with Crippen LogP contribution >= 0.6 is 0 Å². The number of nitrogens with two attached hydrogens (primary N) is 1. The lowest BCUT2D eigenvalue weighted by molar-refractivity contribution is 0.0202. The minimum absolute atomic E-state index is 0.0949. The van der Waals surface area contributed by atoms with Crippen molar-refractivity contribution >= 4 is 22.7 Å². The molecule has 2 atom stereocenters. The minimum atomic E-state index is -0.590. The molecule has 2 aromatic rings. The molecular weight excluding hydrogens is 358 g/mol. The third-order valence-electron chi connectivity index (χ3n) is 4.75. The second-order valence-electron chi connectivity index (χ2n) is 8.18. The topological polar surface area (TPSA) is 94.6 Å². The van der Waals surface area contributed by atoms with Crippen molar-refractivity contribution in [3.8, 4) is 5.75 Å². The summed E-state index contributed by atoms with van der Waals surface area (Å²) in [4.78, 5) is 14.4. The Balaban J connectivity index is 2.06. The summed E-state index contributed by atoms with van der Waals surface area (Å²) in [5.41, 5.74) is 8.49. The van der Waals surface area contributed by atoms with E-state index >= 15 is 0 Å². The van der Waals surface area contributed by atoms with E-state index in [0.29, 0.717) is 29.2 Å². The molecule has 3 N–H and O–H groups in total. The molecule has 1 amide bonds. The van der Waals surface area contributed by atoms with Gasteiger partial charge in [-0.3, -0.25) is 9.58 Å². The molecule has 1 aliphatic rings. The van der Waals surface area contributed by atoms with Crippen LogP contribution in [0.5, 0.6) is 5.75 Å². The summed E-state index contributed by atoms with van der Waals surface area (Å²) < 4.78 is 12.7. The quantitative estimate of drug-likeness (QED) is 0.770. The molecular formula is C20H29N5O3. The third-order valence-corrected chi connectivity index (χ3v) is 4.75. The number of aromatic nitrogens is 2. The van der Waals surface area contributed by atoms with E-state index in [4.69, 9.17) is 15.2 Å². The Labute approximate surface area is 165 Å². The van der Waals surface area contributed by atoms with Gasteiger partial charge in [0.25, 0.3) is 0 Å². The van der Waals surface area contributed by atoms with Crippen LogP contribution in [0.2, 0.25) is 0 Å². The zero-order valence-electron chi connectivity index (χ0n) is 17.4. The van der Waals surface area contributed by atoms with Crippen molar-refractivity contribution in [3.63, 3.8) is 0 Å². The number of amides is 1. The summed E-state index contributed by atoms with van der Waals surface area (Å²) in [5.74, 6) is 0.607. The van der Waals surface area contributed by atoms with Crippen molar-refractivity contribution in [2.75, 3.05) is 19.4 Å². The van der Waals surface area contributed by atoms with E-state index in [1.54, 1.807) is 22.8 Å². The zero-order valence-corrected chi connectivity index (χ0v) is 17.4. The fraction of sp³-hybridized carbons (Fsp3) is 0.500. The predicted octanol–water partition coefficient (Wildman–Crippen LogP) is 2.95. The number of nitrogens with one attached hydrogen (secondary N) is 1. The highest BCUT2D eigenvalue weighted by Gasteiger charge is 2.37. The van der Waals surface area contributed by atoms with Gasteiger partial charge in [0, 0.05) is 54.2 Å². The molecule has 0 aliphatic carbocycles. The molecule has 8 nitrogen and oxygen atoms in total. The van der Waals surface area contributed by atoms with Gasteiger partial charge in [0.2, 0.25) is 0 Å². The molecule has 1 fully saturated rings. The van der Waals surface area contributed by atoms with E-state index in [1.807, 2.05) is 40.9 Å². The lowest BCUT2D eigenvalue weighted by Gasteiger charge is -2.41. The van der Waals surface area contributed by atoms with E-state index in [0.717, 1.165) is 10.9 Å². The average molecular weight is 387 g/mol. The van der Waals surface area contributed by atoms with Crippen LogP contribution in [0.15, 0.2) is 24.5 Å². The monoisotopic (exact) mass is 387 g/mol. The maximum Gasteiger partial charge on any atom is 0.414 e. The second kappa shape index (κ2) is 7.01. The highest BCUT2D eigenvalue weighted by molar-refractivity contribution is 5.93. The lowest BCUT2D eigenvalue weighted by atomic mass is 9.94. The lowest BCUT2D eigenvalue weighted by Crippen LogP contribution is -2.53. The Hall–Kier alpha value is -2.74. The zero-order chi connectivity index (χ0) is 20.8. The van der Waals surface area contributed by atoms with Gasteiger partial charge in [-0.1, -0.05) is 6.58 Å². The minimum Gasteiger partial charge on any atom is -0.494 e. The number of benzene rings is 1. The summed E-state index contributed by atoms with van der Waals surface area (Å²) in [6.07, 6.45) is 1.49. The summed E-state index contributed by atoms with van der Waals surface area (Å²) in [6.45, 7) is 12.3. The van der Waals surface area contributed by atoms with Gasteiger partial charge in [0.1, 0.15) is 16.9 Å². The summed E-state index contributed by atoms with van der Waals surface area (Å²) >= 11 is 0. The fourth-order valence-electron chi connectivity index (χ4n) is 3.58. The van der Waals surface area contributed by atoms with Gasteiger partial charge in [0.05, 0.1) is 13.2 Å². The average Bonchev–Trinajstić information content (AvgIpc) is 2.95. The Morgan fingerprint density at radius 3 is 2.71 bits per heavy atom. The van der Waals surface area contributed by atoms with Gasteiger partial charge in [-0.15, -0.1) is 0 Å². The molecule has 1 saturated heterocycles. The number of aryl methyl sites for hydroxylation is 1. The Bertz CT molecular complexity index is 928. The molecule has 2 heterocycles. The number of hydrogen-bond acceptors (Lipinski definition) is 6. The first-order valence-electron chi connectivity index (χ1n) is 9.27. The molecule has 0 radical (unpaired) electrons. The van der Waals surface area contributed by atoms with Crippen molar-refractivity contribution in [3.05, 3.63) is 30.1 Å². The maximum absolute atomic E-state index is 12.8. The third kappa shape index (κ3) is 3.52. The predicted molar refractivity (Wildman–Crippen MR) is 109 cm³/mol. The summed E-state index contributed by atoms with van der Waals surface area (Å²) in [6, 6.07) is 1.32. The van der Waals surface area contributed by atoms with Gasteiger partial charge < -0.3 is 20.5 Å². The van der Waals surface area contributed by atoms with Gasteiger partial charge >= 0.3 is 6.09 Å². The van der Waals surface area contributed by atoms with Crippen LogP contribution in [0.4, 0.5) is 10.5 Å². The molecule has 152 valence electrons. The molecule has 1 aliphatic heterocycles. The number of methoxy groups -OCH3 is 1. The Kier molecular flexibility index (Phi) is 5.01. The number of hydrogen-bond donors (Lipinski definition) is 2. The smallest absolute Gasteiger partial charge is 0.414 e. The first kappa shape index (κ1) is 20.0. The van der Waals surface area contributed by atoms with Crippen LogP contribution in [0.1, 0.15) is 39.3 Å². The molecule has 1 aromatic carbocycles. The van der Waals surface area contributed by atoms with Crippen LogP contribution in [0, 0.1) is 0 Å². The Morgan fingerprint density at radius 2 is 2.11 bits per heavy atom. The molecule has 28 heavy (non-hydrogen) atoms. The van der Waals surface area contributed by atoms with E-state index in [9.17, 15) is 4.79 Å². The molecule has 1 aromatic heterocycles. The molecule has 1 unspecified atom stereocenters. The van der Waals surface area contributed by atoms with Gasteiger partial charge in [-0.25, -0.2) is 4.79 Å². The first-order valence-corrected chi connectivity index (χ1v) is 9.27. The van der Waals surface area contributed by atoms with E-state index in [-0.39, 0.29) is 12.1 Å². The molecule has 3 rings (SSSR count). The van der Waals surface area contributed by atoms with Crippen molar-refractivity contribution < 1.29 is 14.3 Å². The number of ether oxygens (including phenoxy) is 2. The Morgan fingerprint density at radius 1 is 1.43 bits per heavy atom. The number of nitrogen functional groups attached to an aromatic ring is 1. The first-order chi connectivity index (χ1) is 13.0. The number of nitrogens with zero attached hydrogens (tertiary/aromatic N) is 3. The van der Waals surface area contributed by atoms with E-state index < -0.39 is 11.7 Å².